The second kappa shape index (κ2) is 5.66. The molecule has 1 amide bonds. The molecule has 0 aliphatic rings. The number of carbonyl (C=O) groups is 1. The molecule has 0 aliphatic heterocycles. The fraction of sp³-hybridized carbons (Fsp3) is 0.364. The zero-order valence-electron chi connectivity index (χ0n) is 8.22. The molecule has 1 aromatic rings. The molecule has 0 atom stereocenters. The Hall–Kier alpha value is -1.02. The maximum atomic E-state index is 10.9. The van der Waals surface area contributed by atoms with Gasteiger partial charge in [-0.25, -0.2) is 0 Å². The van der Waals surface area contributed by atoms with E-state index in [9.17, 15) is 4.79 Å². The van der Waals surface area contributed by atoms with Crippen molar-refractivity contribution in [3.05, 3.63) is 34.9 Å². The lowest BCUT2D eigenvalue weighted by molar-refractivity contribution is -0.120. The topological polar surface area (TPSA) is 29.1 Å². The lowest BCUT2D eigenvalue weighted by atomic mass is 10.1. The Balaban J connectivity index is 2.39. The number of rotatable bonds is 4. The van der Waals surface area contributed by atoms with Gasteiger partial charge in [0.05, 0.1) is 0 Å². The summed E-state index contributed by atoms with van der Waals surface area (Å²) >= 11 is 5.96. The molecule has 0 unspecified atom stereocenters. The lowest BCUT2D eigenvalue weighted by Gasteiger charge is -2.04. The van der Waals surface area contributed by atoms with Gasteiger partial charge < -0.3 is 5.32 Å². The van der Waals surface area contributed by atoms with E-state index in [0.717, 1.165) is 17.0 Å². The van der Waals surface area contributed by atoms with Crippen LogP contribution in [0, 0.1) is 0 Å². The predicted octanol–water partition coefficient (Wildman–Crippen LogP) is 2.41. The highest BCUT2D eigenvalue weighted by Crippen LogP contribution is 2.14. The van der Waals surface area contributed by atoms with Gasteiger partial charge in [-0.05, 0) is 18.1 Å². The summed E-state index contributed by atoms with van der Waals surface area (Å²) in [6, 6.07) is 7.68. The first-order chi connectivity index (χ1) is 6.74. The summed E-state index contributed by atoms with van der Waals surface area (Å²) in [6.45, 7) is 2.49. The molecule has 2 nitrogen and oxygen atoms in total. The van der Waals surface area contributed by atoms with Crippen LogP contribution in [0.4, 0.5) is 0 Å². The fourth-order valence-electron chi connectivity index (χ4n) is 1.16. The van der Waals surface area contributed by atoms with Crippen molar-refractivity contribution in [3.63, 3.8) is 0 Å². The SMILES string of the molecule is CCC(=O)NCCc1ccccc1Cl. The number of nitrogens with one attached hydrogen (secondary N) is 1. The molecular formula is C11H14ClNO. The van der Waals surface area contributed by atoms with E-state index in [1.165, 1.54) is 0 Å². The molecule has 0 fully saturated rings. The second-order valence-corrected chi connectivity index (χ2v) is 3.45. The molecule has 0 spiro atoms. The Kier molecular flexibility index (Phi) is 4.47. The summed E-state index contributed by atoms with van der Waals surface area (Å²) in [5.74, 6) is 0.0806. The zero-order chi connectivity index (χ0) is 10.4. The summed E-state index contributed by atoms with van der Waals surface area (Å²) < 4.78 is 0. The molecule has 1 N–H and O–H groups in total. The number of amides is 1. The molecule has 0 saturated carbocycles. The van der Waals surface area contributed by atoms with Crippen LogP contribution in [0.5, 0.6) is 0 Å². The van der Waals surface area contributed by atoms with Crippen LogP contribution in [-0.2, 0) is 11.2 Å². The van der Waals surface area contributed by atoms with Crippen molar-refractivity contribution in [2.75, 3.05) is 6.54 Å². The monoisotopic (exact) mass is 211 g/mol. The first kappa shape index (κ1) is 11.1. The molecule has 1 aromatic carbocycles. The van der Waals surface area contributed by atoms with Crippen molar-refractivity contribution in [1.82, 2.24) is 5.32 Å². The maximum Gasteiger partial charge on any atom is 0.219 e. The third-order valence-corrected chi connectivity index (χ3v) is 2.36. The van der Waals surface area contributed by atoms with E-state index in [4.69, 9.17) is 11.6 Å². The predicted molar refractivity (Wildman–Crippen MR) is 58.5 cm³/mol. The van der Waals surface area contributed by atoms with Gasteiger partial charge in [0.15, 0.2) is 0 Å². The largest absolute Gasteiger partial charge is 0.356 e. The highest BCUT2D eigenvalue weighted by molar-refractivity contribution is 6.31. The van der Waals surface area contributed by atoms with Crippen LogP contribution < -0.4 is 5.32 Å². The summed E-state index contributed by atoms with van der Waals surface area (Å²) in [5.41, 5.74) is 1.07. The van der Waals surface area contributed by atoms with Crippen LogP contribution in [0.3, 0.4) is 0 Å². The third-order valence-electron chi connectivity index (χ3n) is 2.00. The molecule has 76 valence electrons. The number of benzene rings is 1. The molecule has 1 rings (SSSR count). The Bertz CT molecular complexity index is 312. The van der Waals surface area contributed by atoms with Crippen molar-refractivity contribution in [1.29, 1.82) is 0 Å². The van der Waals surface area contributed by atoms with E-state index in [-0.39, 0.29) is 5.91 Å². The van der Waals surface area contributed by atoms with E-state index in [2.05, 4.69) is 5.32 Å². The van der Waals surface area contributed by atoms with Crippen LogP contribution in [-0.4, -0.2) is 12.5 Å². The first-order valence-electron chi connectivity index (χ1n) is 4.74. The van der Waals surface area contributed by atoms with Crippen LogP contribution in [0.15, 0.2) is 24.3 Å². The highest BCUT2D eigenvalue weighted by atomic mass is 35.5. The van der Waals surface area contributed by atoms with Crippen molar-refractivity contribution < 1.29 is 4.79 Å². The average Bonchev–Trinajstić information content (AvgIpc) is 2.20. The van der Waals surface area contributed by atoms with E-state index in [0.29, 0.717) is 13.0 Å². The van der Waals surface area contributed by atoms with E-state index >= 15 is 0 Å². The molecule has 0 aliphatic carbocycles. The second-order valence-electron chi connectivity index (χ2n) is 3.04. The Labute approximate surface area is 89.3 Å². The zero-order valence-corrected chi connectivity index (χ0v) is 8.97. The molecular weight excluding hydrogens is 198 g/mol. The lowest BCUT2D eigenvalue weighted by Crippen LogP contribution is -2.24. The smallest absolute Gasteiger partial charge is 0.219 e. The van der Waals surface area contributed by atoms with Gasteiger partial charge >= 0.3 is 0 Å². The Morgan fingerprint density at radius 3 is 2.79 bits per heavy atom. The van der Waals surface area contributed by atoms with Crippen LogP contribution in [0.25, 0.3) is 0 Å². The first-order valence-corrected chi connectivity index (χ1v) is 5.12. The van der Waals surface area contributed by atoms with Crippen LogP contribution in [0.1, 0.15) is 18.9 Å². The van der Waals surface area contributed by atoms with Gasteiger partial charge in [0.1, 0.15) is 0 Å². The maximum absolute atomic E-state index is 10.9. The summed E-state index contributed by atoms with van der Waals surface area (Å²) in [7, 11) is 0. The minimum atomic E-state index is 0.0806. The van der Waals surface area contributed by atoms with Gasteiger partial charge in [-0.2, -0.15) is 0 Å². The van der Waals surface area contributed by atoms with E-state index < -0.39 is 0 Å². The molecule has 14 heavy (non-hydrogen) atoms. The number of hydrogen-bond acceptors (Lipinski definition) is 1. The molecule has 0 aromatic heterocycles. The summed E-state index contributed by atoms with van der Waals surface area (Å²) in [6.07, 6.45) is 1.31. The van der Waals surface area contributed by atoms with Gasteiger partial charge in [0.25, 0.3) is 0 Å². The Morgan fingerprint density at radius 2 is 2.14 bits per heavy atom. The fourth-order valence-corrected chi connectivity index (χ4v) is 1.39. The number of halogens is 1. The van der Waals surface area contributed by atoms with E-state index in [1.54, 1.807) is 0 Å². The average molecular weight is 212 g/mol. The standard InChI is InChI=1S/C11H14ClNO/c1-2-11(14)13-8-7-9-5-3-4-6-10(9)12/h3-6H,2,7-8H2,1H3,(H,13,14). The minimum absolute atomic E-state index is 0.0806. The van der Waals surface area contributed by atoms with Gasteiger partial charge in [-0.15, -0.1) is 0 Å². The van der Waals surface area contributed by atoms with Crippen molar-refractivity contribution in [2.45, 2.75) is 19.8 Å². The Morgan fingerprint density at radius 1 is 1.43 bits per heavy atom. The van der Waals surface area contributed by atoms with Crippen molar-refractivity contribution >= 4 is 17.5 Å². The molecule has 0 bridgehead atoms. The quantitative estimate of drug-likeness (QED) is 0.814. The molecule has 0 saturated heterocycles. The molecule has 3 heteroatoms. The number of carbonyl (C=O) groups excluding carboxylic acids is 1. The molecule has 0 heterocycles. The van der Waals surface area contributed by atoms with Gasteiger partial charge in [0.2, 0.25) is 5.91 Å². The normalized spacial score (nSPS) is 9.86. The van der Waals surface area contributed by atoms with Crippen LogP contribution in [0.2, 0.25) is 5.02 Å². The highest BCUT2D eigenvalue weighted by Gasteiger charge is 1.99. The van der Waals surface area contributed by atoms with Crippen molar-refractivity contribution in [2.24, 2.45) is 0 Å². The van der Waals surface area contributed by atoms with Crippen LogP contribution >= 0.6 is 11.6 Å². The minimum Gasteiger partial charge on any atom is -0.356 e. The van der Waals surface area contributed by atoms with Gasteiger partial charge in [0, 0.05) is 18.0 Å². The number of hydrogen-bond donors (Lipinski definition) is 1. The summed E-state index contributed by atoms with van der Waals surface area (Å²) in [5, 5.41) is 3.57. The van der Waals surface area contributed by atoms with Crippen molar-refractivity contribution in [3.8, 4) is 0 Å². The van der Waals surface area contributed by atoms with Gasteiger partial charge in [-0.1, -0.05) is 36.7 Å². The van der Waals surface area contributed by atoms with Gasteiger partial charge in [-0.3, -0.25) is 4.79 Å². The van der Waals surface area contributed by atoms with E-state index in [1.807, 2.05) is 31.2 Å². The molecule has 0 radical (unpaired) electrons. The third kappa shape index (κ3) is 3.38. The summed E-state index contributed by atoms with van der Waals surface area (Å²) in [4.78, 5) is 10.9.